The standard InChI is InChI=1S/C12H24F3N3O/c1-10(2)16-11(8-19)7-17-3-5-18(6-4-17)9-12(13,14)15/h10-11,16,19H,3-9H2,1-2H3. The van der Waals surface area contributed by atoms with Gasteiger partial charge in [0.25, 0.3) is 0 Å². The average Bonchev–Trinajstić information content (AvgIpc) is 2.28. The van der Waals surface area contributed by atoms with Gasteiger partial charge in [0.1, 0.15) is 0 Å². The van der Waals surface area contributed by atoms with Gasteiger partial charge in [0, 0.05) is 44.8 Å². The zero-order valence-corrected chi connectivity index (χ0v) is 11.6. The molecule has 1 fully saturated rings. The maximum Gasteiger partial charge on any atom is 0.401 e. The fourth-order valence-electron chi connectivity index (χ4n) is 2.33. The van der Waals surface area contributed by atoms with Gasteiger partial charge in [-0.15, -0.1) is 0 Å². The second-order valence-electron chi connectivity index (χ2n) is 5.39. The van der Waals surface area contributed by atoms with Gasteiger partial charge in [-0.3, -0.25) is 9.80 Å². The highest BCUT2D eigenvalue weighted by molar-refractivity contribution is 4.79. The largest absolute Gasteiger partial charge is 0.401 e. The lowest BCUT2D eigenvalue weighted by Gasteiger charge is -2.36. The number of aliphatic hydroxyl groups is 1. The smallest absolute Gasteiger partial charge is 0.395 e. The minimum atomic E-state index is -4.12. The van der Waals surface area contributed by atoms with Crippen LogP contribution in [-0.4, -0.2) is 79.0 Å². The quantitative estimate of drug-likeness (QED) is 0.746. The van der Waals surface area contributed by atoms with Gasteiger partial charge in [-0.2, -0.15) is 13.2 Å². The summed E-state index contributed by atoms with van der Waals surface area (Å²) in [6.07, 6.45) is -4.12. The van der Waals surface area contributed by atoms with E-state index in [1.807, 2.05) is 13.8 Å². The predicted octanol–water partition coefficient (Wildman–Crippen LogP) is 0.525. The average molecular weight is 283 g/mol. The monoisotopic (exact) mass is 283 g/mol. The van der Waals surface area contributed by atoms with Crippen LogP contribution < -0.4 is 5.32 Å². The third-order valence-electron chi connectivity index (χ3n) is 3.14. The van der Waals surface area contributed by atoms with E-state index in [0.29, 0.717) is 32.7 Å². The molecule has 0 aromatic heterocycles. The van der Waals surface area contributed by atoms with E-state index >= 15 is 0 Å². The number of hydrogen-bond donors (Lipinski definition) is 2. The van der Waals surface area contributed by atoms with Crippen LogP contribution in [0.25, 0.3) is 0 Å². The Morgan fingerprint density at radius 2 is 1.63 bits per heavy atom. The van der Waals surface area contributed by atoms with E-state index in [1.165, 1.54) is 4.90 Å². The minimum absolute atomic E-state index is 0.0193. The first-order valence-corrected chi connectivity index (χ1v) is 6.68. The fourth-order valence-corrected chi connectivity index (χ4v) is 2.33. The number of nitrogens with zero attached hydrogens (tertiary/aromatic N) is 2. The Morgan fingerprint density at radius 1 is 1.11 bits per heavy atom. The van der Waals surface area contributed by atoms with Crippen LogP contribution in [0.4, 0.5) is 13.2 Å². The molecule has 2 N–H and O–H groups in total. The van der Waals surface area contributed by atoms with Crippen LogP contribution in [0.2, 0.25) is 0 Å². The number of hydrogen-bond acceptors (Lipinski definition) is 4. The van der Waals surface area contributed by atoms with Gasteiger partial charge >= 0.3 is 6.18 Å². The molecular weight excluding hydrogens is 259 g/mol. The Bertz CT molecular complexity index is 253. The summed E-state index contributed by atoms with van der Waals surface area (Å²) in [5, 5.41) is 12.5. The maximum atomic E-state index is 12.2. The van der Waals surface area contributed by atoms with E-state index in [1.54, 1.807) is 0 Å². The number of nitrogens with one attached hydrogen (secondary N) is 1. The van der Waals surface area contributed by atoms with E-state index in [9.17, 15) is 18.3 Å². The van der Waals surface area contributed by atoms with Crippen LogP contribution in [0.15, 0.2) is 0 Å². The summed E-state index contributed by atoms with van der Waals surface area (Å²) in [5.74, 6) is 0. The first kappa shape index (κ1) is 16.7. The van der Waals surface area contributed by atoms with Gasteiger partial charge in [-0.1, -0.05) is 13.8 Å². The van der Waals surface area contributed by atoms with Crippen molar-refractivity contribution in [1.29, 1.82) is 0 Å². The van der Waals surface area contributed by atoms with Crippen molar-refractivity contribution in [3.05, 3.63) is 0 Å². The second-order valence-corrected chi connectivity index (χ2v) is 5.39. The Hall–Kier alpha value is -0.370. The SMILES string of the molecule is CC(C)NC(CO)CN1CCN(CC(F)(F)F)CC1. The highest BCUT2D eigenvalue weighted by Gasteiger charge is 2.32. The molecule has 0 saturated carbocycles. The summed E-state index contributed by atoms with van der Waals surface area (Å²) in [6, 6.07) is 0.262. The molecule has 1 aliphatic rings. The zero-order valence-electron chi connectivity index (χ0n) is 11.6. The van der Waals surface area contributed by atoms with Crippen molar-refractivity contribution >= 4 is 0 Å². The molecule has 0 bridgehead atoms. The summed E-state index contributed by atoms with van der Waals surface area (Å²) < 4.78 is 36.7. The lowest BCUT2D eigenvalue weighted by atomic mass is 10.2. The molecule has 0 amide bonds. The van der Waals surface area contributed by atoms with E-state index in [0.717, 1.165) is 0 Å². The highest BCUT2D eigenvalue weighted by Crippen LogP contribution is 2.17. The van der Waals surface area contributed by atoms with Crippen molar-refractivity contribution in [2.45, 2.75) is 32.1 Å². The Morgan fingerprint density at radius 3 is 2.05 bits per heavy atom. The number of alkyl halides is 3. The van der Waals surface area contributed by atoms with Crippen LogP contribution in [-0.2, 0) is 0 Å². The van der Waals surface area contributed by atoms with Crippen LogP contribution in [0.5, 0.6) is 0 Å². The van der Waals surface area contributed by atoms with E-state index < -0.39 is 12.7 Å². The first-order valence-electron chi connectivity index (χ1n) is 6.68. The molecule has 1 rings (SSSR count). The molecule has 0 aromatic carbocycles. The number of piperazine rings is 1. The van der Waals surface area contributed by atoms with Crippen molar-refractivity contribution < 1.29 is 18.3 Å². The Labute approximate surface area is 112 Å². The summed E-state index contributed by atoms with van der Waals surface area (Å²) in [5.41, 5.74) is 0. The molecule has 0 aromatic rings. The van der Waals surface area contributed by atoms with E-state index in [4.69, 9.17) is 0 Å². The molecule has 114 valence electrons. The molecule has 19 heavy (non-hydrogen) atoms. The molecular formula is C12H24F3N3O. The maximum absolute atomic E-state index is 12.2. The van der Waals surface area contributed by atoms with Crippen molar-refractivity contribution in [3.8, 4) is 0 Å². The Balaban J connectivity index is 2.29. The summed E-state index contributed by atoms with van der Waals surface area (Å²) in [7, 11) is 0. The Kier molecular flexibility index (Phi) is 6.52. The normalized spacial score (nSPS) is 21.0. The van der Waals surface area contributed by atoms with Crippen LogP contribution in [0.3, 0.4) is 0 Å². The molecule has 1 saturated heterocycles. The molecule has 0 radical (unpaired) electrons. The topological polar surface area (TPSA) is 38.7 Å². The van der Waals surface area contributed by atoms with Crippen LogP contribution in [0, 0.1) is 0 Å². The third-order valence-corrected chi connectivity index (χ3v) is 3.14. The van der Waals surface area contributed by atoms with E-state index in [-0.39, 0.29) is 18.7 Å². The first-order chi connectivity index (χ1) is 8.80. The summed E-state index contributed by atoms with van der Waals surface area (Å²) in [4.78, 5) is 3.53. The van der Waals surface area contributed by atoms with Crippen molar-refractivity contribution in [1.82, 2.24) is 15.1 Å². The van der Waals surface area contributed by atoms with Gasteiger partial charge in [0.2, 0.25) is 0 Å². The summed E-state index contributed by atoms with van der Waals surface area (Å²) >= 11 is 0. The van der Waals surface area contributed by atoms with Crippen molar-refractivity contribution in [2.75, 3.05) is 45.9 Å². The lowest BCUT2D eigenvalue weighted by Crippen LogP contribution is -2.53. The molecule has 0 spiro atoms. The summed E-state index contributed by atoms with van der Waals surface area (Å²) in [6.45, 7) is 6.00. The molecule has 0 aliphatic carbocycles. The lowest BCUT2D eigenvalue weighted by molar-refractivity contribution is -0.149. The predicted molar refractivity (Wildman–Crippen MR) is 68.1 cm³/mol. The number of aliphatic hydroxyl groups excluding tert-OH is 1. The van der Waals surface area contributed by atoms with Gasteiger partial charge in [-0.05, 0) is 0 Å². The molecule has 1 aliphatic heterocycles. The van der Waals surface area contributed by atoms with Crippen molar-refractivity contribution in [3.63, 3.8) is 0 Å². The van der Waals surface area contributed by atoms with Gasteiger partial charge in [0.15, 0.2) is 0 Å². The fraction of sp³-hybridized carbons (Fsp3) is 1.00. The second kappa shape index (κ2) is 7.42. The molecule has 1 heterocycles. The molecule has 7 heteroatoms. The third kappa shape index (κ3) is 7.10. The van der Waals surface area contributed by atoms with E-state index in [2.05, 4.69) is 10.2 Å². The van der Waals surface area contributed by atoms with Crippen LogP contribution in [0.1, 0.15) is 13.8 Å². The number of rotatable bonds is 6. The van der Waals surface area contributed by atoms with Crippen LogP contribution >= 0.6 is 0 Å². The minimum Gasteiger partial charge on any atom is -0.395 e. The highest BCUT2D eigenvalue weighted by atomic mass is 19.4. The van der Waals surface area contributed by atoms with Crippen molar-refractivity contribution in [2.24, 2.45) is 0 Å². The zero-order chi connectivity index (χ0) is 14.5. The molecule has 1 atom stereocenters. The van der Waals surface area contributed by atoms with Gasteiger partial charge in [-0.25, -0.2) is 0 Å². The molecule has 1 unspecified atom stereocenters. The van der Waals surface area contributed by atoms with Gasteiger partial charge in [0.05, 0.1) is 13.2 Å². The molecule has 4 nitrogen and oxygen atoms in total. The number of halogens is 3. The van der Waals surface area contributed by atoms with Gasteiger partial charge < -0.3 is 10.4 Å².